The van der Waals surface area contributed by atoms with Crippen LogP contribution in [0.4, 0.5) is 5.69 Å². The van der Waals surface area contributed by atoms with Crippen molar-refractivity contribution in [1.29, 1.82) is 0 Å². The maximum Gasteiger partial charge on any atom is 0.345 e. The molecule has 2 rings (SSSR count). The summed E-state index contributed by atoms with van der Waals surface area (Å²) in [7, 11) is 0. The second-order valence-electron chi connectivity index (χ2n) is 4.54. The number of nitro groups is 1. The predicted octanol–water partition coefficient (Wildman–Crippen LogP) is 4.00. The lowest BCUT2D eigenvalue weighted by Crippen LogP contribution is -2.09. The number of halogens is 1. The highest BCUT2D eigenvalue weighted by Gasteiger charge is 2.22. The van der Waals surface area contributed by atoms with Crippen LogP contribution in [0.5, 0.6) is 5.75 Å². The molecule has 2 aromatic rings. The van der Waals surface area contributed by atoms with E-state index in [1.165, 1.54) is 12.1 Å². The Morgan fingerprint density at radius 3 is 2.70 bits per heavy atom. The molecule has 0 N–H and O–H groups in total. The zero-order valence-electron chi connectivity index (χ0n) is 12.3. The van der Waals surface area contributed by atoms with Gasteiger partial charge in [0.15, 0.2) is 0 Å². The van der Waals surface area contributed by atoms with E-state index in [0.717, 1.165) is 6.07 Å². The largest absolute Gasteiger partial charge is 0.493 e. The number of hydrogen-bond acceptors (Lipinski definition) is 5. The van der Waals surface area contributed by atoms with Crippen molar-refractivity contribution in [2.45, 2.75) is 13.5 Å². The van der Waals surface area contributed by atoms with Gasteiger partial charge in [0.05, 0.1) is 11.5 Å². The van der Waals surface area contributed by atoms with E-state index in [4.69, 9.17) is 21.1 Å². The molecule has 0 fully saturated rings. The van der Waals surface area contributed by atoms with Crippen molar-refractivity contribution in [3.63, 3.8) is 0 Å². The predicted molar refractivity (Wildman–Crippen MR) is 84.8 cm³/mol. The van der Waals surface area contributed by atoms with E-state index in [1.54, 1.807) is 24.3 Å². The lowest BCUT2D eigenvalue weighted by atomic mass is 10.2. The van der Waals surface area contributed by atoms with Gasteiger partial charge in [-0.25, -0.2) is 4.79 Å². The van der Waals surface area contributed by atoms with Crippen molar-refractivity contribution < 1.29 is 19.2 Å². The molecule has 0 radical (unpaired) electrons. The molecule has 2 aromatic carbocycles. The van der Waals surface area contributed by atoms with E-state index in [0.29, 0.717) is 17.9 Å². The number of carbonyl (C=O) groups is 1. The fourth-order valence-corrected chi connectivity index (χ4v) is 2.14. The zero-order chi connectivity index (χ0) is 16.8. The highest BCUT2D eigenvalue weighted by Crippen LogP contribution is 2.25. The second kappa shape index (κ2) is 7.60. The number of nitro benzene ring substituents is 1. The van der Waals surface area contributed by atoms with Crippen molar-refractivity contribution in [3.8, 4) is 5.75 Å². The second-order valence-corrected chi connectivity index (χ2v) is 4.97. The molecule has 0 amide bonds. The molecule has 0 aliphatic heterocycles. The van der Waals surface area contributed by atoms with Crippen molar-refractivity contribution in [3.05, 3.63) is 68.7 Å². The summed E-state index contributed by atoms with van der Waals surface area (Å²) in [6.45, 7) is 2.28. The van der Waals surface area contributed by atoms with Crippen molar-refractivity contribution in [1.82, 2.24) is 0 Å². The number of carbonyl (C=O) groups excluding carboxylic acids is 1. The molecule has 23 heavy (non-hydrogen) atoms. The van der Waals surface area contributed by atoms with Crippen LogP contribution in [0.25, 0.3) is 0 Å². The summed E-state index contributed by atoms with van der Waals surface area (Å²) >= 11 is 5.72. The van der Waals surface area contributed by atoms with Gasteiger partial charge in [-0.2, -0.15) is 0 Å². The summed E-state index contributed by atoms with van der Waals surface area (Å²) in [5.41, 5.74) is 0.146. The lowest BCUT2D eigenvalue weighted by Gasteiger charge is -2.10. The third-order valence-corrected chi connectivity index (χ3v) is 3.24. The smallest absolute Gasteiger partial charge is 0.345 e. The van der Waals surface area contributed by atoms with Crippen LogP contribution in [0.1, 0.15) is 22.8 Å². The molecular weight excluding hydrogens is 322 g/mol. The van der Waals surface area contributed by atoms with Crippen LogP contribution >= 0.6 is 11.6 Å². The van der Waals surface area contributed by atoms with Gasteiger partial charge in [0, 0.05) is 16.7 Å². The van der Waals surface area contributed by atoms with E-state index >= 15 is 0 Å². The molecule has 0 aliphatic carbocycles. The fourth-order valence-electron chi connectivity index (χ4n) is 1.97. The quantitative estimate of drug-likeness (QED) is 0.453. The van der Waals surface area contributed by atoms with Crippen LogP contribution in [-0.4, -0.2) is 17.5 Å². The monoisotopic (exact) mass is 335 g/mol. The Morgan fingerprint density at radius 1 is 1.26 bits per heavy atom. The zero-order valence-corrected chi connectivity index (χ0v) is 13.1. The van der Waals surface area contributed by atoms with E-state index < -0.39 is 10.9 Å². The van der Waals surface area contributed by atoms with Gasteiger partial charge in [-0.1, -0.05) is 29.8 Å². The average Bonchev–Trinajstić information content (AvgIpc) is 2.54. The van der Waals surface area contributed by atoms with Gasteiger partial charge >= 0.3 is 5.97 Å². The number of ether oxygens (including phenoxy) is 2. The number of hydrogen-bond donors (Lipinski definition) is 0. The molecule has 0 aliphatic rings. The first-order valence-corrected chi connectivity index (χ1v) is 7.22. The normalized spacial score (nSPS) is 10.2. The Labute approximate surface area is 137 Å². The van der Waals surface area contributed by atoms with Gasteiger partial charge in [-0.3, -0.25) is 10.1 Å². The highest BCUT2D eigenvalue weighted by molar-refractivity contribution is 6.31. The van der Waals surface area contributed by atoms with Crippen molar-refractivity contribution in [2.24, 2.45) is 0 Å². The molecule has 0 saturated heterocycles. The molecule has 120 valence electrons. The standard InChI is InChI=1S/C16H14ClNO5/c1-2-22-15-6-4-3-5-11(15)10-23-16(19)13-8-7-12(17)9-14(13)18(20)21/h3-9H,2,10H2,1H3. The Bertz CT molecular complexity index is 732. The van der Waals surface area contributed by atoms with Gasteiger partial charge in [0.2, 0.25) is 0 Å². The number of para-hydroxylation sites is 1. The Morgan fingerprint density at radius 2 is 2.00 bits per heavy atom. The number of esters is 1. The third-order valence-electron chi connectivity index (χ3n) is 3.01. The summed E-state index contributed by atoms with van der Waals surface area (Å²) in [5, 5.41) is 11.2. The SMILES string of the molecule is CCOc1ccccc1COC(=O)c1ccc(Cl)cc1[N+](=O)[O-]. The molecule has 0 spiro atoms. The highest BCUT2D eigenvalue weighted by atomic mass is 35.5. The van der Waals surface area contributed by atoms with Gasteiger partial charge < -0.3 is 9.47 Å². The Balaban J connectivity index is 2.16. The minimum atomic E-state index is -0.792. The summed E-state index contributed by atoms with van der Waals surface area (Å²) < 4.78 is 10.6. The van der Waals surface area contributed by atoms with Crippen LogP contribution in [0.15, 0.2) is 42.5 Å². The third kappa shape index (κ3) is 4.20. The number of benzene rings is 2. The summed E-state index contributed by atoms with van der Waals surface area (Å²) in [4.78, 5) is 22.5. The molecule has 0 saturated carbocycles. The van der Waals surface area contributed by atoms with Crippen LogP contribution in [-0.2, 0) is 11.3 Å². The van der Waals surface area contributed by atoms with Crippen LogP contribution in [0.2, 0.25) is 5.02 Å². The first-order chi connectivity index (χ1) is 11.0. The van der Waals surface area contributed by atoms with Gasteiger partial charge in [0.25, 0.3) is 5.69 Å². The molecule has 0 heterocycles. The molecule has 0 aromatic heterocycles. The molecule has 6 nitrogen and oxygen atoms in total. The van der Waals surface area contributed by atoms with E-state index in [2.05, 4.69) is 0 Å². The lowest BCUT2D eigenvalue weighted by molar-refractivity contribution is -0.385. The van der Waals surface area contributed by atoms with Gasteiger partial charge in [0.1, 0.15) is 17.9 Å². The summed E-state index contributed by atoms with van der Waals surface area (Å²) in [6, 6.07) is 10.9. The van der Waals surface area contributed by atoms with E-state index in [-0.39, 0.29) is 22.9 Å². The number of nitrogens with zero attached hydrogens (tertiary/aromatic N) is 1. The van der Waals surface area contributed by atoms with Crippen molar-refractivity contribution in [2.75, 3.05) is 6.61 Å². The van der Waals surface area contributed by atoms with E-state index in [9.17, 15) is 14.9 Å². The van der Waals surface area contributed by atoms with Crippen molar-refractivity contribution >= 4 is 23.3 Å². The number of rotatable bonds is 6. The molecule has 0 bridgehead atoms. The fraction of sp³-hybridized carbons (Fsp3) is 0.188. The minimum Gasteiger partial charge on any atom is -0.493 e. The average molecular weight is 336 g/mol. The molecule has 0 unspecified atom stereocenters. The maximum absolute atomic E-state index is 12.1. The first kappa shape index (κ1) is 16.8. The maximum atomic E-state index is 12.1. The van der Waals surface area contributed by atoms with Crippen LogP contribution in [0.3, 0.4) is 0 Å². The minimum absolute atomic E-state index is 0.0468. The van der Waals surface area contributed by atoms with Gasteiger partial charge in [-0.15, -0.1) is 0 Å². The van der Waals surface area contributed by atoms with Crippen LogP contribution in [0, 0.1) is 10.1 Å². The summed E-state index contributed by atoms with van der Waals surface area (Å²) in [5.74, 6) is -0.187. The summed E-state index contributed by atoms with van der Waals surface area (Å²) in [6.07, 6.45) is 0. The Kier molecular flexibility index (Phi) is 5.54. The van der Waals surface area contributed by atoms with Crippen LogP contribution < -0.4 is 4.74 Å². The topological polar surface area (TPSA) is 78.7 Å². The molecule has 0 atom stereocenters. The van der Waals surface area contributed by atoms with E-state index in [1.807, 2.05) is 6.92 Å². The molecule has 7 heteroatoms. The Hall–Kier alpha value is -2.60. The van der Waals surface area contributed by atoms with Gasteiger partial charge in [-0.05, 0) is 25.1 Å². The molecular formula is C16H14ClNO5. The first-order valence-electron chi connectivity index (χ1n) is 6.84.